The Morgan fingerprint density at radius 3 is 2.54 bits per heavy atom. The minimum atomic E-state index is 0.346. The first-order valence-electron chi connectivity index (χ1n) is 4.20. The standard InChI is InChI=1S/C9H13N3O/c1-3-12(13)11-10-9-6-4-8(2)5-7-9/h4-7,10H,3H2,1-2H3. The third kappa shape index (κ3) is 3.11. The van der Waals surface area contributed by atoms with E-state index in [0.29, 0.717) is 11.4 Å². The molecule has 4 heteroatoms. The normalized spacial score (nSPS) is 11.4. The Hall–Kier alpha value is -1.58. The first-order valence-corrected chi connectivity index (χ1v) is 4.20. The van der Waals surface area contributed by atoms with Crippen LogP contribution >= 0.6 is 0 Å². The van der Waals surface area contributed by atoms with E-state index in [4.69, 9.17) is 0 Å². The van der Waals surface area contributed by atoms with Crippen LogP contribution in [0.5, 0.6) is 0 Å². The second-order valence-corrected chi connectivity index (χ2v) is 2.75. The third-order valence-electron chi connectivity index (χ3n) is 1.61. The first kappa shape index (κ1) is 9.51. The highest BCUT2D eigenvalue weighted by Gasteiger charge is 1.93. The van der Waals surface area contributed by atoms with Crippen LogP contribution < -0.4 is 5.43 Å². The van der Waals surface area contributed by atoms with Gasteiger partial charge < -0.3 is 5.21 Å². The number of hydrogen-bond donors (Lipinski definition) is 1. The molecule has 0 atom stereocenters. The van der Waals surface area contributed by atoms with Crippen molar-refractivity contribution in [3.05, 3.63) is 35.0 Å². The van der Waals surface area contributed by atoms with Crippen LogP contribution in [0.2, 0.25) is 0 Å². The quantitative estimate of drug-likeness (QED) is 0.439. The molecule has 0 aliphatic carbocycles. The molecule has 0 spiro atoms. The lowest BCUT2D eigenvalue weighted by Crippen LogP contribution is -2.02. The average Bonchev–Trinajstić information content (AvgIpc) is 2.16. The monoisotopic (exact) mass is 179 g/mol. The Morgan fingerprint density at radius 1 is 1.38 bits per heavy atom. The second kappa shape index (κ2) is 4.45. The molecule has 0 aliphatic heterocycles. The first-order chi connectivity index (χ1) is 6.22. The average molecular weight is 179 g/mol. The predicted molar refractivity (Wildman–Crippen MR) is 51.4 cm³/mol. The Labute approximate surface area is 77.5 Å². The van der Waals surface area contributed by atoms with Crippen LogP contribution in [0.3, 0.4) is 0 Å². The van der Waals surface area contributed by atoms with Gasteiger partial charge in [-0.1, -0.05) is 17.7 Å². The maximum absolute atomic E-state index is 10.7. The Morgan fingerprint density at radius 2 is 2.00 bits per heavy atom. The van der Waals surface area contributed by atoms with Gasteiger partial charge in [0.05, 0.1) is 5.22 Å². The summed E-state index contributed by atoms with van der Waals surface area (Å²) in [5.41, 5.74) is 4.66. The lowest BCUT2D eigenvalue weighted by atomic mass is 10.2. The maximum Gasteiger partial charge on any atom is 0.146 e. The summed E-state index contributed by atoms with van der Waals surface area (Å²) in [5, 5.41) is 14.3. The van der Waals surface area contributed by atoms with Crippen molar-refractivity contribution in [2.24, 2.45) is 5.22 Å². The number of hydrogen-bond acceptors (Lipinski definition) is 2. The predicted octanol–water partition coefficient (Wildman–Crippen LogP) is 2.30. The molecule has 0 bridgehead atoms. The highest BCUT2D eigenvalue weighted by molar-refractivity contribution is 5.43. The molecule has 70 valence electrons. The molecule has 0 aliphatic rings. The Balaban J connectivity index is 2.60. The summed E-state index contributed by atoms with van der Waals surface area (Å²) in [4.78, 5) is 0.597. The van der Waals surface area contributed by atoms with Crippen molar-refractivity contribution in [2.75, 3.05) is 12.0 Å². The van der Waals surface area contributed by atoms with Gasteiger partial charge in [0.15, 0.2) is 0 Å². The van der Waals surface area contributed by atoms with E-state index in [1.807, 2.05) is 31.2 Å². The minimum absolute atomic E-state index is 0.346. The zero-order valence-corrected chi connectivity index (χ0v) is 7.82. The number of rotatable bonds is 3. The van der Waals surface area contributed by atoms with Gasteiger partial charge in [-0.15, -0.1) is 5.43 Å². The van der Waals surface area contributed by atoms with Gasteiger partial charge in [0.25, 0.3) is 0 Å². The van der Waals surface area contributed by atoms with Crippen LogP contribution in [0.4, 0.5) is 5.69 Å². The number of benzene rings is 1. The molecule has 0 radical (unpaired) electrons. The van der Waals surface area contributed by atoms with Crippen LogP contribution in [0.25, 0.3) is 0 Å². The highest BCUT2D eigenvalue weighted by Crippen LogP contribution is 2.07. The second-order valence-electron chi connectivity index (χ2n) is 2.75. The number of nitrogens with zero attached hydrogens (tertiary/aromatic N) is 2. The zero-order chi connectivity index (χ0) is 9.68. The largest absolute Gasteiger partial charge is 0.696 e. The van der Waals surface area contributed by atoms with E-state index in [1.165, 1.54) is 5.56 Å². The Kier molecular flexibility index (Phi) is 3.25. The molecule has 1 N–H and O–H groups in total. The molecule has 0 saturated carbocycles. The van der Waals surface area contributed by atoms with Crippen molar-refractivity contribution in [3.63, 3.8) is 0 Å². The summed E-state index contributed by atoms with van der Waals surface area (Å²) in [7, 11) is 0. The van der Waals surface area contributed by atoms with Crippen LogP contribution in [-0.4, -0.2) is 11.4 Å². The molecule has 0 aromatic heterocycles. The summed E-state index contributed by atoms with van der Waals surface area (Å²) in [6.07, 6.45) is 0. The van der Waals surface area contributed by atoms with Gasteiger partial charge >= 0.3 is 0 Å². The molecule has 0 fully saturated rings. The molecular formula is C9H13N3O. The third-order valence-corrected chi connectivity index (χ3v) is 1.61. The van der Waals surface area contributed by atoms with Crippen molar-refractivity contribution in [1.82, 2.24) is 0 Å². The van der Waals surface area contributed by atoms with Gasteiger partial charge in [0, 0.05) is 0 Å². The van der Waals surface area contributed by atoms with Crippen molar-refractivity contribution in [1.29, 1.82) is 0 Å². The summed E-state index contributed by atoms with van der Waals surface area (Å²) >= 11 is 0. The number of anilines is 1. The molecule has 1 aromatic carbocycles. The van der Waals surface area contributed by atoms with Gasteiger partial charge in [-0.3, -0.25) is 0 Å². The van der Waals surface area contributed by atoms with Crippen LogP contribution in [-0.2, 0) is 0 Å². The van der Waals surface area contributed by atoms with Gasteiger partial charge in [0.2, 0.25) is 0 Å². The molecule has 1 rings (SSSR count). The molecule has 4 nitrogen and oxygen atoms in total. The molecular weight excluding hydrogens is 166 g/mol. The molecule has 0 unspecified atom stereocenters. The lowest BCUT2D eigenvalue weighted by Gasteiger charge is -2.01. The van der Waals surface area contributed by atoms with Crippen LogP contribution in [0.15, 0.2) is 29.5 Å². The van der Waals surface area contributed by atoms with Crippen molar-refractivity contribution < 1.29 is 4.86 Å². The Bertz CT molecular complexity index is 292. The van der Waals surface area contributed by atoms with Gasteiger partial charge in [-0.25, -0.2) is 0 Å². The van der Waals surface area contributed by atoms with Gasteiger partial charge in [-0.2, -0.15) is 4.86 Å². The fourth-order valence-corrected chi connectivity index (χ4v) is 0.812. The topological polar surface area (TPSA) is 50.5 Å². The summed E-state index contributed by atoms with van der Waals surface area (Å²) in [6.45, 7) is 4.10. The highest BCUT2D eigenvalue weighted by atomic mass is 16.5. The van der Waals surface area contributed by atoms with Crippen molar-refractivity contribution in [3.8, 4) is 0 Å². The van der Waals surface area contributed by atoms with E-state index < -0.39 is 0 Å². The van der Waals surface area contributed by atoms with E-state index in [9.17, 15) is 5.21 Å². The number of nitrogens with one attached hydrogen (secondary N) is 1. The van der Waals surface area contributed by atoms with Gasteiger partial charge in [0.1, 0.15) is 12.2 Å². The van der Waals surface area contributed by atoms with E-state index in [-0.39, 0.29) is 0 Å². The van der Waals surface area contributed by atoms with Crippen LogP contribution in [0.1, 0.15) is 12.5 Å². The van der Waals surface area contributed by atoms with Gasteiger partial charge in [-0.05, 0) is 26.0 Å². The van der Waals surface area contributed by atoms with E-state index in [2.05, 4.69) is 10.6 Å². The van der Waals surface area contributed by atoms with Crippen molar-refractivity contribution in [2.45, 2.75) is 13.8 Å². The van der Waals surface area contributed by atoms with E-state index in [1.54, 1.807) is 6.92 Å². The van der Waals surface area contributed by atoms with E-state index in [0.717, 1.165) is 5.69 Å². The fourth-order valence-electron chi connectivity index (χ4n) is 0.812. The van der Waals surface area contributed by atoms with Crippen LogP contribution in [0, 0.1) is 12.1 Å². The minimum Gasteiger partial charge on any atom is -0.696 e. The summed E-state index contributed by atoms with van der Waals surface area (Å²) < 4.78 is 0. The molecule has 0 heterocycles. The SMILES string of the molecule is CC[N+]([O-])=NNc1ccc(C)cc1. The zero-order valence-electron chi connectivity index (χ0n) is 7.82. The van der Waals surface area contributed by atoms with E-state index >= 15 is 0 Å². The molecule has 13 heavy (non-hydrogen) atoms. The molecule has 0 saturated heterocycles. The van der Waals surface area contributed by atoms with Crippen molar-refractivity contribution >= 4 is 5.69 Å². The lowest BCUT2D eigenvalue weighted by molar-refractivity contribution is -0.524. The maximum atomic E-state index is 10.7. The molecule has 1 aromatic rings. The fraction of sp³-hybridized carbons (Fsp3) is 0.333. The summed E-state index contributed by atoms with van der Waals surface area (Å²) in [5.74, 6) is 0. The smallest absolute Gasteiger partial charge is 0.146 e. The number of aryl methyl sites for hydroxylation is 1. The number of hydroxylamine groups is 1. The molecule has 0 amide bonds. The summed E-state index contributed by atoms with van der Waals surface area (Å²) in [6, 6.07) is 7.67.